The van der Waals surface area contributed by atoms with E-state index in [0.717, 1.165) is 107 Å². The number of hydrogen-bond acceptors (Lipinski definition) is 0. The molecule has 328 valence electrons. The molecule has 9 saturated carbocycles. The van der Waals surface area contributed by atoms with Crippen molar-refractivity contribution in [1.29, 1.82) is 0 Å². The molecular weight excluding hydrogens is 673 g/mol. The molecule has 9 aliphatic rings. The van der Waals surface area contributed by atoms with Crippen molar-refractivity contribution in [2.45, 2.75) is 249 Å². The van der Waals surface area contributed by atoms with E-state index in [-0.39, 0.29) is 0 Å². The lowest BCUT2D eigenvalue weighted by Gasteiger charge is -2.36. The van der Waals surface area contributed by atoms with Crippen molar-refractivity contribution in [2.24, 2.45) is 107 Å². The Morgan fingerprint density at radius 3 is 1.14 bits per heavy atom. The van der Waals surface area contributed by atoms with Crippen LogP contribution >= 0.6 is 0 Å². The van der Waals surface area contributed by atoms with Gasteiger partial charge in [0.2, 0.25) is 0 Å². The summed E-state index contributed by atoms with van der Waals surface area (Å²) in [7, 11) is 0. The van der Waals surface area contributed by atoms with Crippen LogP contribution in [0.3, 0.4) is 0 Å². The van der Waals surface area contributed by atoms with Gasteiger partial charge in [-0.15, -0.1) is 0 Å². The van der Waals surface area contributed by atoms with Crippen LogP contribution in [0.1, 0.15) is 249 Å². The molecule has 11 unspecified atom stereocenters. The van der Waals surface area contributed by atoms with Crippen molar-refractivity contribution in [3.63, 3.8) is 0 Å². The Labute approximate surface area is 354 Å². The molecule has 0 aliphatic heterocycles. The molecule has 0 heteroatoms. The van der Waals surface area contributed by atoms with Crippen LogP contribution in [-0.2, 0) is 0 Å². The summed E-state index contributed by atoms with van der Waals surface area (Å²) in [4.78, 5) is 0. The van der Waals surface area contributed by atoms with Gasteiger partial charge in [-0.25, -0.2) is 0 Å². The molecule has 11 atom stereocenters. The van der Waals surface area contributed by atoms with Crippen molar-refractivity contribution in [3.8, 4) is 0 Å². The molecule has 0 bridgehead atoms. The topological polar surface area (TPSA) is 0 Å². The highest BCUT2D eigenvalue weighted by atomic mass is 14.5. The van der Waals surface area contributed by atoms with E-state index in [0.29, 0.717) is 0 Å². The van der Waals surface area contributed by atoms with Gasteiger partial charge >= 0.3 is 0 Å². The van der Waals surface area contributed by atoms with Crippen LogP contribution in [0, 0.1) is 107 Å². The molecule has 56 heavy (non-hydrogen) atoms. The van der Waals surface area contributed by atoms with Crippen LogP contribution in [0.15, 0.2) is 0 Å². The minimum Gasteiger partial charge on any atom is -0.0625 e. The third kappa shape index (κ3) is 13.8. The lowest BCUT2D eigenvalue weighted by molar-refractivity contribution is 0.138. The average Bonchev–Trinajstić information content (AvgIpc) is 4.04. The molecule has 0 aromatic carbocycles. The van der Waals surface area contributed by atoms with Crippen LogP contribution in [0.4, 0.5) is 0 Å². The minimum atomic E-state index is 0.937. The van der Waals surface area contributed by atoms with Crippen molar-refractivity contribution in [3.05, 3.63) is 0 Å². The fraction of sp³-hybridized carbons (Fsp3) is 1.00. The summed E-state index contributed by atoms with van der Waals surface area (Å²) >= 11 is 0. The first-order valence-electron chi connectivity index (χ1n) is 26.9. The predicted molar refractivity (Wildman–Crippen MR) is 249 cm³/mol. The Morgan fingerprint density at radius 1 is 0.232 bits per heavy atom. The van der Waals surface area contributed by atoms with Gasteiger partial charge in [-0.05, 0) is 171 Å². The summed E-state index contributed by atoms with van der Waals surface area (Å²) in [6, 6.07) is 0. The predicted octanol–water partition coefficient (Wildman–Crippen LogP) is 18.3. The Kier molecular flexibility index (Phi) is 20.0. The maximum atomic E-state index is 2.42. The molecule has 0 aromatic rings. The second kappa shape index (κ2) is 23.9. The fourth-order valence-corrected chi connectivity index (χ4v) is 15.5. The summed E-state index contributed by atoms with van der Waals surface area (Å²) in [5.41, 5.74) is 0. The molecule has 0 N–H and O–H groups in total. The third-order valence-electron chi connectivity index (χ3n) is 19.3. The largest absolute Gasteiger partial charge is 0.0625 e. The lowest BCUT2D eigenvalue weighted by Crippen LogP contribution is -2.27. The van der Waals surface area contributed by atoms with E-state index >= 15 is 0 Å². The molecule has 0 amide bonds. The molecule has 9 fully saturated rings. The van der Waals surface area contributed by atoms with E-state index in [2.05, 4.69) is 69.2 Å². The van der Waals surface area contributed by atoms with Gasteiger partial charge in [0.25, 0.3) is 0 Å². The van der Waals surface area contributed by atoms with Crippen LogP contribution in [0.2, 0.25) is 0 Å². The smallest absolute Gasteiger partial charge is 0.0355 e. The van der Waals surface area contributed by atoms with Gasteiger partial charge in [0.15, 0.2) is 0 Å². The van der Waals surface area contributed by atoms with Crippen molar-refractivity contribution in [1.82, 2.24) is 0 Å². The van der Waals surface area contributed by atoms with Gasteiger partial charge in [-0.3, -0.25) is 0 Å². The lowest BCUT2D eigenvalue weighted by atomic mass is 9.69. The highest BCUT2D eigenvalue weighted by Crippen LogP contribution is 2.50. The number of fused-ring (bicyclic) bond motifs is 4. The zero-order chi connectivity index (χ0) is 40.2. The van der Waals surface area contributed by atoms with Crippen LogP contribution in [-0.4, -0.2) is 0 Å². The maximum Gasteiger partial charge on any atom is -0.0355 e. The molecule has 0 heterocycles. The second-order valence-electron chi connectivity index (χ2n) is 24.2. The first-order chi connectivity index (χ1) is 26.9. The minimum absolute atomic E-state index is 0.937. The van der Waals surface area contributed by atoms with Crippen molar-refractivity contribution in [2.75, 3.05) is 0 Å². The van der Waals surface area contributed by atoms with E-state index < -0.39 is 0 Å². The summed E-state index contributed by atoms with van der Waals surface area (Å²) in [6.07, 6.45) is 42.9. The molecule has 0 nitrogen and oxygen atoms in total. The highest BCUT2D eigenvalue weighted by molar-refractivity contribution is 4.90. The standard InChI is InChI=1S/4C12H22.C8H16/c1-9(2)11-7-3-5-10-6-4-8-12(10)11;1-9(2)11-7-6-10-4-3-5-12(10)8-11;1-9(2)12-7-10-5-3-4-6-11(10)8-12;1-9(2)11-8-7-10-5-3-4-6-12(10)11;1-7(2)8-5-3-4-6-8/h4*9-12H,3-8H2,1-2H3;7-8H,3-6H2,1-2H3. The summed E-state index contributed by atoms with van der Waals surface area (Å²) < 4.78 is 0. The quantitative estimate of drug-likeness (QED) is 0.261. The van der Waals surface area contributed by atoms with Gasteiger partial charge in [0.1, 0.15) is 0 Å². The van der Waals surface area contributed by atoms with Crippen LogP contribution in [0.25, 0.3) is 0 Å². The zero-order valence-corrected chi connectivity index (χ0v) is 40.2. The van der Waals surface area contributed by atoms with Gasteiger partial charge in [0, 0.05) is 0 Å². The Bertz CT molecular complexity index is 1000. The maximum absolute atomic E-state index is 2.42. The zero-order valence-electron chi connectivity index (χ0n) is 40.2. The van der Waals surface area contributed by atoms with Gasteiger partial charge in [-0.2, -0.15) is 0 Å². The van der Waals surface area contributed by atoms with E-state index in [1.54, 1.807) is 89.9 Å². The average molecular weight is 777 g/mol. The van der Waals surface area contributed by atoms with Crippen molar-refractivity contribution >= 4 is 0 Å². The van der Waals surface area contributed by atoms with E-state index in [1.807, 2.05) is 0 Å². The van der Waals surface area contributed by atoms with Gasteiger partial charge in [-0.1, -0.05) is 185 Å². The third-order valence-corrected chi connectivity index (χ3v) is 19.3. The highest BCUT2D eigenvalue weighted by Gasteiger charge is 2.40. The Hall–Kier alpha value is 0. The SMILES string of the molecule is CC(C)C1CC2CCCCC2C1.CC(C)C1CCC2CCCC2C1.CC(C)C1CCC2CCCCC21.CC(C)C1CCCC1.CC(C)C1CCCC2CCCC21. The second-order valence-corrected chi connectivity index (χ2v) is 24.2. The van der Waals surface area contributed by atoms with E-state index in [9.17, 15) is 0 Å². The number of hydrogen-bond donors (Lipinski definition) is 0. The van der Waals surface area contributed by atoms with Crippen molar-refractivity contribution < 1.29 is 0 Å². The normalized spacial score (nSPS) is 39.1. The van der Waals surface area contributed by atoms with E-state index in [4.69, 9.17) is 0 Å². The molecule has 9 aliphatic carbocycles. The number of rotatable bonds is 5. The summed E-state index contributed by atoms with van der Waals surface area (Å²) in [5, 5.41) is 0. The molecule has 0 saturated heterocycles. The molecular formula is C56H104. The van der Waals surface area contributed by atoms with Gasteiger partial charge in [0.05, 0.1) is 0 Å². The molecule has 0 spiro atoms. The molecule has 0 radical (unpaired) electrons. The first kappa shape index (κ1) is 47.1. The van der Waals surface area contributed by atoms with Crippen LogP contribution < -0.4 is 0 Å². The monoisotopic (exact) mass is 777 g/mol. The van der Waals surface area contributed by atoms with E-state index in [1.165, 1.54) is 89.9 Å². The Balaban J connectivity index is 0.000000135. The molecule has 9 rings (SSSR count). The van der Waals surface area contributed by atoms with Crippen LogP contribution in [0.5, 0.6) is 0 Å². The molecule has 0 aromatic heterocycles. The Morgan fingerprint density at radius 2 is 0.589 bits per heavy atom. The fourth-order valence-electron chi connectivity index (χ4n) is 15.5. The summed E-state index contributed by atoms with van der Waals surface area (Å²) in [5.74, 6) is 19.1. The van der Waals surface area contributed by atoms with Gasteiger partial charge < -0.3 is 0 Å². The summed E-state index contributed by atoms with van der Waals surface area (Å²) in [6.45, 7) is 24.0. The first-order valence-corrected chi connectivity index (χ1v) is 26.9.